The minimum atomic E-state index is -4.79. The fraction of sp³-hybridized carbons (Fsp3) is 0.462. The number of fused-ring (bicyclic) bond motifs is 1. The van der Waals surface area contributed by atoms with Crippen LogP contribution in [0.15, 0.2) is 30.3 Å². The van der Waals surface area contributed by atoms with Crippen LogP contribution in [0.5, 0.6) is 11.5 Å². The van der Waals surface area contributed by atoms with Crippen LogP contribution in [-0.2, 0) is 10.9 Å². The van der Waals surface area contributed by atoms with Crippen LogP contribution in [0.1, 0.15) is 49.7 Å². The highest BCUT2D eigenvalue weighted by Gasteiger charge is 2.48. The van der Waals surface area contributed by atoms with Gasteiger partial charge in [-0.1, -0.05) is 12.1 Å². The average Bonchev–Trinajstić information content (AvgIpc) is 3.62. The van der Waals surface area contributed by atoms with Crippen molar-refractivity contribution in [2.24, 2.45) is 5.41 Å². The number of rotatable bonds is 9. The number of hydrogen-bond acceptors (Lipinski definition) is 6. The Morgan fingerprint density at radius 2 is 1.81 bits per heavy atom. The van der Waals surface area contributed by atoms with Crippen molar-refractivity contribution in [3.05, 3.63) is 53.1 Å². The Morgan fingerprint density at radius 1 is 1.08 bits per heavy atom. The number of ether oxygens (including phenoxy) is 3. The van der Waals surface area contributed by atoms with Gasteiger partial charge < -0.3 is 19.5 Å². The molecule has 2 atom stereocenters. The Hall–Kier alpha value is -3.14. The number of nitrogens with one attached hydrogen (secondary N) is 1. The predicted molar refractivity (Wildman–Crippen MR) is 128 cm³/mol. The van der Waals surface area contributed by atoms with Crippen molar-refractivity contribution in [3.8, 4) is 11.5 Å². The van der Waals surface area contributed by atoms with Gasteiger partial charge in [-0.05, 0) is 45.7 Å². The van der Waals surface area contributed by atoms with E-state index in [-0.39, 0.29) is 17.1 Å². The number of methoxy groups -OCH3 is 2. The molecule has 0 bridgehead atoms. The second kappa shape index (κ2) is 9.72. The summed E-state index contributed by atoms with van der Waals surface area (Å²) in [4.78, 5) is 8.91. The molecule has 1 aromatic heterocycles. The molecule has 0 unspecified atom stereocenters. The molecule has 1 saturated carbocycles. The van der Waals surface area contributed by atoms with Gasteiger partial charge in [0.2, 0.25) is 0 Å². The summed E-state index contributed by atoms with van der Waals surface area (Å²) in [6, 6.07) is 5.88. The summed E-state index contributed by atoms with van der Waals surface area (Å²) in [6.45, 7) is 5.72. The first-order valence-corrected chi connectivity index (χ1v) is 11.6. The van der Waals surface area contributed by atoms with Gasteiger partial charge >= 0.3 is 6.18 Å². The van der Waals surface area contributed by atoms with E-state index < -0.39 is 23.6 Å². The van der Waals surface area contributed by atoms with Crippen molar-refractivity contribution in [3.63, 3.8) is 0 Å². The van der Waals surface area contributed by atoms with E-state index in [1.807, 2.05) is 6.92 Å². The van der Waals surface area contributed by atoms with Crippen LogP contribution < -0.4 is 14.8 Å². The lowest BCUT2D eigenvalue weighted by molar-refractivity contribution is -0.140. The molecule has 6 nitrogen and oxygen atoms in total. The lowest BCUT2D eigenvalue weighted by Crippen LogP contribution is -2.27. The zero-order valence-electron chi connectivity index (χ0n) is 20.8. The molecule has 2 aromatic carbocycles. The van der Waals surface area contributed by atoms with E-state index in [1.165, 1.54) is 19.2 Å². The SMILES string of the molecule is COc1cc2nc(C)nc(N[C@H](C)c3cccc(C(F)(F)F)c3F)c2cc1OCC1([C@@H](C)OC)CC1. The Balaban J connectivity index is 1.68. The minimum Gasteiger partial charge on any atom is -0.493 e. The highest BCUT2D eigenvalue weighted by Crippen LogP contribution is 2.50. The second-order valence-corrected chi connectivity index (χ2v) is 9.24. The Morgan fingerprint density at radius 3 is 2.42 bits per heavy atom. The zero-order chi connectivity index (χ0) is 26.3. The van der Waals surface area contributed by atoms with Gasteiger partial charge in [0.15, 0.2) is 11.5 Å². The van der Waals surface area contributed by atoms with Gasteiger partial charge in [-0.2, -0.15) is 13.2 Å². The van der Waals surface area contributed by atoms with Crippen LogP contribution in [0.3, 0.4) is 0 Å². The average molecular weight is 508 g/mol. The largest absolute Gasteiger partial charge is 0.493 e. The predicted octanol–water partition coefficient (Wildman–Crippen LogP) is 6.47. The minimum absolute atomic E-state index is 0.0374. The highest BCUT2D eigenvalue weighted by atomic mass is 19.4. The first-order valence-electron chi connectivity index (χ1n) is 11.6. The maximum atomic E-state index is 14.8. The van der Waals surface area contributed by atoms with Crippen molar-refractivity contribution in [1.29, 1.82) is 0 Å². The number of aromatic nitrogens is 2. The number of aryl methyl sites for hydroxylation is 1. The van der Waals surface area contributed by atoms with Gasteiger partial charge in [0.25, 0.3) is 0 Å². The van der Waals surface area contributed by atoms with Crippen LogP contribution in [0.4, 0.5) is 23.4 Å². The lowest BCUT2D eigenvalue weighted by atomic mass is 10.0. The molecule has 1 aliphatic carbocycles. The van der Waals surface area contributed by atoms with Crippen LogP contribution >= 0.6 is 0 Å². The summed E-state index contributed by atoms with van der Waals surface area (Å²) in [7, 11) is 3.21. The number of hydrogen-bond donors (Lipinski definition) is 1. The van der Waals surface area contributed by atoms with Crippen molar-refractivity contribution < 1.29 is 31.8 Å². The number of benzene rings is 2. The first kappa shape index (κ1) is 25.9. The maximum Gasteiger partial charge on any atom is 0.419 e. The van der Waals surface area contributed by atoms with E-state index in [4.69, 9.17) is 14.2 Å². The van der Waals surface area contributed by atoms with E-state index in [1.54, 1.807) is 33.1 Å². The van der Waals surface area contributed by atoms with E-state index >= 15 is 0 Å². The second-order valence-electron chi connectivity index (χ2n) is 9.24. The number of halogens is 4. The number of anilines is 1. The summed E-state index contributed by atoms with van der Waals surface area (Å²) >= 11 is 0. The lowest BCUT2D eigenvalue weighted by Gasteiger charge is -2.23. The van der Waals surface area contributed by atoms with Crippen LogP contribution in [0, 0.1) is 18.2 Å². The third-order valence-electron chi connectivity index (χ3n) is 6.87. The molecule has 194 valence electrons. The molecule has 0 aliphatic heterocycles. The molecule has 3 aromatic rings. The Kier molecular flexibility index (Phi) is 7.01. The fourth-order valence-corrected chi connectivity index (χ4v) is 4.32. The molecule has 0 spiro atoms. The molecule has 0 radical (unpaired) electrons. The summed E-state index contributed by atoms with van der Waals surface area (Å²) in [6.07, 6.45) is -2.77. The van der Waals surface area contributed by atoms with Crippen molar-refractivity contribution in [2.75, 3.05) is 26.1 Å². The van der Waals surface area contributed by atoms with Crippen molar-refractivity contribution in [2.45, 2.75) is 51.9 Å². The normalized spacial score (nSPS) is 16.5. The smallest absolute Gasteiger partial charge is 0.419 e. The molecule has 1 aliphatic rings. The molecule has 1 N–H and O–H groups in total. The molecular formula is C26H29F4N3O3. The monoisotopic (exact) mass is 507 g/mol. The van der Waals surface area contributed by atoms with Gasteiger partial charge in [-0.25, -0.2) is 14.4 Å². The van der Waals surface area contributed by atoms with Crippen LogP contribution in [-0.4, -0.2) is 36.9 Å². The van der Waals surface area contributed by atoms with Crippen LogP contribution in [0.25, 0.3) is 10.9 Å². The van der Waals surface area contributed by atoms with Gasteiger partial charge in [-0.3, -0.25) is 0 Å². The number of nitrogens with zero attached hydrogens (tertiary/aromatic N) is 2. The van der Waals surface area contributed by atoms with Gasteiger partial charge in [0.05, 0.1) is 36.9 Å². The van der Waals surface area contributed by atoms with E-state index in [0.717, 1.165) is 18.9 Å². The van der Waals surface area contributed by atoms with E-state index in [9.17, 15) is 17.6 Å². The van der Waals surface area contributed by atoms with Gasteiger partial charge in [0, 0.05) is 29.5 Å². The van der Waals surface area contributed by atoms with Crippen molar-refractivity contribution >= 4 is 16.7 Å². The van der Waals surface area contributed by atoms with E-state index in [2.05, 4.69) is 15.3 Å². The van der Waals surface area contributed by atoms with Crippen LogP contribution in [0.2, 0.25) is 0 Å². The van der Waals surface area contributed by atoms with E-state index in [0.29, 0.717) is 40.7 Å². The first-order chi connectivity index (χ1) is 17.0. The maximum absolute atomic E-state index is 14.8. The van der Waals surface area contributed by atoms with Crippen molar-refractivity contribution in [1.82, 2.24) is 9.97 Å². The standard InChI is InChI=1S/C26H29F4N3O3/c1-14(17-7-6-8-19(23(17)27)26(28,29)30)31-24-18-11-22(36-13-25(9-10-25)15(2)34-4)21(35-5)12-20(18)32-16(3)33-24/h6-8,11-12,14-15H,9-10,13H2,1-5H3,(H,31,32,33)/t14-,15-/m1/s1. The van der Waals surface area contributed by atoms with Gasteiger partial charge in [-0.15, -0.1) is 0 Å². The third-order valence-corrected chi connectivity index (χ3v) is 6.87. The third kappa shape index (κ3) is 5.04. The summed E-state index contributed by atoms with van der Waals surface area (Å²) in [5, 5.41) is 3.63. The molecule has 4 rings (SSSR count). The molecular weight excluding hydrogens is 478 g/mol. The summed E-state index contributed by atoms with van der Waals surface area (Å²) in [5.74, 6) is 0.439. The Labute approximate surface area is 207 Å². The fourth-order valence-electron chi connectivity index (χ4n) is 4.32. The summed E-state index contributed by atoms with van der Waals surface area (Å²) in [5.41, 5.74) is -0.937. The topological polar surface area (TPSA) is 65.5 Å². The molecule has 36 heavy (non-hydrogen) atoms. The molecule has 1 fully saturated rings. The highest BCUT2D eigenvalue weighted by molar-refractivity contribution is 5.92. The number of alkyl halides is 3. The van der Waals surface area contributed by atoms with Gasteiger partial charge in [0.1, 0.15) is 17.5 Å². The molecule has 0 amide bonds. The summed E-state index contributed by atoms with van der Waals surface area (Å²) < 4.78 is 71.6. The molecule has 1 heterocycles. The quantitative estimate of drug-likeness (QED) is 0.335. The Bertz CT molecular complexity index is 1260. The zero-order valence-corrected chi connectivity index (χ0v) is 20.8. The molecule has 0 saturated heterocycles. The molecule has 10 heteroatoms.